The van der Waals surface area contributed by atoms with Gasteiger partial charge in [-0.1, -0.05) is 22.9 Å². The molecular formula is C13H17BrFN. The SMILES string of the molecule is CC(CNCc1cc(Br)ccc1F)C1CC1. The van der Waals surface area contributed by atoms with Crippen molar-refractivity contribution in [3.8, 4) is 0 Å². The van der Waals surface area contributed by atoms with Crippen LogP contribution in [0.5, 0.6) is 0 Å². The van der Waals surface area contributed by atoms with Crippen LogP contribution in [0.1, 0.15) is 25.3 Å². The van der Waals surface area contributed by atoms with Gasteiger partial charge < -0.3 is 5.32 Å². The largest absolute Gasteiger partial charge is 0.312 e. The van der Waals surface area contributed by atoms with Crippen LogP contribution in [0.3, 0.4) is 0 Å². The first-order valence-electron chi connectivity index (χ1n) is 5.81. The molecule has 2 rings (SSSR count). The van der Waals surface area contributed by atoms with Gasteiger partial charge in [0.25, 0.3) is 0 Å². The summed E-state index contributed by atoms with van der Waals surface area (Å²) in [4.78, 5) is 0. The molecule has 0 spiro atoms. The summed E-state index contributed by atoms with van der Waals surface area (Å²) in [7, 11) is 0. The summed E-state index contributed by atoms with van der Waals surface area (Å²) in [5.74, 6) is 1.49. The molecule has 1 atom stereocenters. The monoisotopic (exact) mass is 285 g/mol. The highest BCUT2D eigenvalue weighted by Crippen LogP contribution is 2.36. The van der Waals surface area contributed by atoms with E-state index in [1.165, 1.54) is 18.9 Å². The minimum Gasteiger partial charge on any atom is -0.312 e. The van der Waals surface area contributed by atoms with Crippen LogP contribution >= 0.6 is 15.9 Å². The van der Waals surface area contributed by atoms with Crippen LogP contribution < -0.4 is 5.32 Å². The van der Waals surface area contributed by atoms with Gasteiger partial charge in [-0.2, -0.15) is 0 Å². The van der Waals surface area contributed by atoms with Crippen LogP contribution in [0.25, 0.3) is 0 Å². The average molecular weight is 286 g/mol. The molecular weight excluding hydrogens is 269 g/mol. The zero-order valence-electron chi connectivity index (χ0n) is 9.47. The topological polar surface area (TPSA) is 12.0 Å². The number of rotatable bonds is 5. The number of benzene rings is 1. The van der Waals surface area contributed by atoms with Gasteiger partial charge in [0.05, 0.1) is 0 Å². The molecule has 1 aliphatic carbocycles. The van der Waals surface area contributed by atoms with E-state index in [4.69, 9.17) is 0 Å². The van der Waals surface area contributed by atoms with Crippen LogP contribution in [-0.4, -0.2) is 6.54 Å². The Morgan fingerprint density at radius 2 is 2.25 bits per heavy atom. The fourth-order valence-electron chi connectivity index (χ4n) is 1.95. The Labute approximate surface area is 105 Å². The van der Waals surface area contributed by atoms with Gasteiger partial charge in [0.2, 0.25) is 0 Å². The summed E-state index contributed by atoms with van der Waals surface area (Å²) >= 11 is 3.36. The molecule has 1 aliphatic rings. The number of hydrogen-bond donors (Lipinski definition) is 1. The maximum absolute atomic E-state index is 13.4. The fourth-order valence-corrected chi connectivity index (χ4v) is 2.35. The predicted molar refractivity (Wildman–Crippen MR) is 67.7 cm³/mol. The molecule has 0 amide bonds. The fraction of sp³-hybridized carbons (Fsp3) is 0.538. The van der Waals surface area contributed by atoms with Gasteiger partial charge in [-0.15, -0.1) is 0 Å². The molecule has 1 unspecified atom stereocenters. The molecule has 0 aliphatic heterocycles. The molecule has 0 aromatic heterocycles. The molecule has 0 saturated heterocycles. The Kier molecular flexibility index (Phi) is 3.98. The quantitative estimate of drug-likeness (QED) is 0.869. The number of hydrogen-bond acceptors (Lipinski definition) is 1. The van der Waals surface area contributed by atoms with Gasteiger partial charge in [-0.05, 0) is 49.4 Å². The molecule has 0 bridgehead atoms. The third-order valence-corrected chi connectivity index (χ3v) is 3.71. The second-order valence-electron chi connectivity index (χ2n) is 4.68. The van der Waals surface area contributed by atoms with Gasteiger partial charge in [-0.3, -0.25) is 0 Å². The second-order valence-corrected chi connectivity index (χ2v) is 5.60. The van der Waals surface area contributed by atoms with Crippen molar-refractivity contribution < 1.29 is 4.39 Å². The normalized spacial score (nSPS) is 17.4. The average Bonchev–Trinajstić information content (AvgIpc) is 3.06. The Morgan fingerprint density at radius 1 is 1.50 bits per heavy atom. The minimum absolute atomic E-state index is 0.130. The van der Waals surface area contributed by atoms with Crippen molar-refractivity contribution in [1.82, 2.24) is 5.32 Å². The van der Waals surface area contributed by atoms with Crippen LogP contribution in [-0.2, 0) is 6.54 Å². The molecule has 1 N–H and O–H groups in total. The minimum atomic E-state index is -0.130. The molecule has 0 heterocycles. The second kappa shape index (κ2) is 5.28. The van der Waals surface area contributed by atoms with E-state index >= 15 is 0 Å². The van der Waals surface area contributed by atoms with E-state index in [-0.39, 0.29) is 5.82 Å². The third-order valence-electron chi connectivity index (χ3n) is 3.22. The first kappa shape index (κ1) is 12.1. The van der Waals surface area contributed by atoms with E-state index in [0.717, 1.165) is 28.4 Å². The lowest BCUT2D eigenvalue weighted by molar-refractivity contribution is 0.457. The van der Waals surface area contributed by atoms with E-state index in [2.05, 4.69) is 28.2 Å². The molecule has 1 aromatic rings. The predicted octanol–water partition coefficient (Wildman–Crippen LogP) is 3.72. The molecule has 1 saturated carbocycles. The van der Waals surface area contributed by atoms with Crippen molar-refractivity contribution >= 4 is 15.9 Å². The Bertz CT molecular complexity index is 363. The van der Waals surface area contributed by atoms with Gasteiger partial charge in [0.1, 0.15) is 5.82 Å². The van der Waals surface area contributed by atoms with Crippen molar-refractivity contribution in [3.63, 3.8) is 0 Å². The summed E-state index contributed by atoms with van der Waals surface area (Å²) in [5, 5.41) is 3.33. The molecule has 1 nitrogen and oxygen atoms in total. The first-order valence-corrected chi connectivity index (χ1v) is 6.61. The standard InChI is InChI=1S/C13H17BrFN/c1-9(10-2-3-10)7-16-8-11-6-12(14)4-5-13(11)15/h4-6,9-10,16H,2-3,7-8H2,1H3. The summed E-state index contributed by atoms with van der Waals surface area (Å²) in [5.41, 5.74) is 0.734. The first-order chi connectivity index (χ1) is 7.66. The van der Waals surface area contributed by atoms with E-state index in [0.29, 0.717) is 6.54 Å². The van der Waals surface area contributed by atoms with Crippen LogP contribution in [0.4, 0.5) is 4.39 Å². The molecule has 88 valence electrons. The van der Waals surface area contributed by atoms with Gasteiger partial charge in [-0.25, -0.2) is 4.39 Å². The Hall–Kier alpha value is -0.410. The van der Waals surface area contributed by atoms with Gasteiger partial charge >= 0.3 is 0 Å². The van der Waals surface area contributed by atoms with Crippen molar-refractivity contribution in [1.29, 1.82) is 0 Å². The van der Waals surface area contributed by atoms with E-state index in [9.17, 15) is 4.39 Å². The molecule has 1 aromatic carbocycles. The lowest BCUT2D eigenvalue weighted by atomic mass is 10.1. The molecule has 16 heavy (non-hydrogen) atoms. The molecule has 3 heteroatoms. The number of halogens is 2. The van der Waals surface area contributed by atoms with E-state index in [1.807, 2.05) is 6.07 Å². The molecule has 0 radical (unpaired) electrons. The molecule has 1 fully saturated rings. The summed E-state index contributed by atoms with van der Waals surface area (Å²) < 4.78 is 14.3. The highest BCUT2D eigenvalue weighted by atomic mass is 79.9. The zero-order chi connectivity index (χ0) is 11.5. The van der Waals surface area contributed by atoms with Crippen LogP contribution in [0, 0.1) is 17.7 Å². The lowest BCUT2D eigenvalue weighted by Crippen LogP contribution is -2.22. The van der Waals surface area contributed by atoms with Gasteiger partial charge in [0, 0.05) is 16.6 Å². The van der Waals surface area contributed by atoms with Crippen LogP contribution in [0.15, 0.2) is 22.7 Å². The highest BCUT2D eigenvalue weighted by molar-refractivity contribution is 9.10. The lowest BCUT2D eigenvalue weighted by Gasteiger charge is -2.11. The Morgan fingerprint density at radius 3 is 2.94 bits per heavy atom. The van der Waals surface area contributed by atoms with Crippen molar-refractivity contribution in [3.05, 3.63) is 34.1 Å². The number of nitrogens with one attached hydrogen (secondary N) is 1. The highest BCUT2D eigenvalue weighted by Gasteiger charge is 2.27. The maximum atomic E-state index is 13.4. The summed E-state index contributed by atoms with van der Waals surface area (Å²) in [6.45, 7) is 3.86. The smallest absolute Gasteiger partial charge is 0.127 e. The van der Waals surface area contributed by atoms with Gasteiger partial charge in [0.15, 0.2) is 0 Å². The van der Waals surface area contributed by atoms with Crippen molar-refractivity contribution in [2.75, 3.05) is 6.54 Å². The summed E-state index contributed by atoms with van der Waals surface area (Å²) in [6, 6.07) is 5.07. The maximum Gasteiger partial charge on any atom is 0.127 e. The third kappa shape index (κ3) is 3.29. The van der Waals surface area contributed by atoms with Crippen molar-refractivity contribution in [2.24, 2.45) is 11.8 Å². The van der Waals surface area contributed by atoms with E-state index < -0.39 is 0 Å². The summed E-state index contributed by atoms with van der Waals surface area (Å²) in [6.07, 6.45) is 2.74. The van der Waals surface area contributed by atoms with Crippen LogP contribution in [0.2, 0.25) is 0 Å². The Balaban J connectivity index is 1.81. The van der Waals surface area contributed by atoms with E-state index in [1.54, 1.807) is 6.07 Å². The zero-order valence-corrected chi connectivity index (χ0v) is 11.1. The van der Waals surface area contributed by atoms with Crippen molar-refractivity contribution in [2.45, 2.75) is 26.3 Å².